The van der Waals surface area contributed by atoms with E-state index in [1.165, 1.54) is 18.8 Å². The fraction of sp³-hybridized carbons (Fsp3) is 0.333. The van der Waals surface area contributed by atoms with Crippen molar-refractivity contribution < 1.29 is 33.3 Å². The first-order chi connectivity index (χ1) is 12.6. The van der Waals surface area contributed by atoms with Crippen molar-refractivity contribution in [3.05, 3.63) is 41.2 Å². The maximum atomic E-state index is 12.4. The number of aromatic nitrogens is 1. The lowest BCUT2D eigenvalue weighted by molar-refractivity contribution is 0.0577. The van der Waals surface area contributed by atoms with Gasteiger partial charge in [-0.3, -0.25) is 0 Å². The molecule has 0 fully saturated rings. The molecule has 0 unspecified atom stereocenters. The van der Waals surface area contributed by atoms with E-state index in [4.69, 9.17) is 23.7 Å². The molecule has 26 heavy (non-hydrogen) atoms. The highest BCUT2D eigenvalue weighted by atomic mass is 16.6. The first-order valence-electron chi connectivity index (χ1n) is 7.92. The molecule has 0 saturated carbocycles. The highest BCUT2D eigenvalue weighted by Crippen LogP contribution is 2.41. The van der Waals surface area contributed by atoms with Crippen molar-refractivity contribution in [3.63, 3.8) is 0 Å². The largest absolute Gasteiger partial charge is 0.497 e. The predicted octanol–water partition coefficient (Wildman–Crippen LogP) is 1.89. The van der Waals surface area contributed by atoms with E-state index in [1.54, 1.807) is 19.2 Å². The van der Waals surface area contributed by atoms with E-state index in [0.717, 1.165) is 5.56 Å². The molecule has 0 saturated heterocycles. The molecule has 1 aromatic carbocycles. The molecule has 0 amide bonds. The van der Waals surface area contributed by atoms with Gasteiger partial charge in [0.05, 0.1) is 21.3 Å². The summed E-state index contributed by atoms with van der Waals surface area (Å²) in [6.07, 6.45) is 0. The smallest absolute Gasteiger partial charge is 0.358 e. The van der Waals surface area contributed by atoms with E-state index < -0.39 is 11.9 Å². The van der Waals surface area contributed by atoms with Gasteiger partial charge in [-0.15, -0.1) is 0 Å². The molecular weight excluding hydrogens is 342 g/mol. The summed E-state index contributed by atoms with van der Waals surface area (Å²) in [5.74, 6) is -0.173. The van der Waals surface area contributed by atoms with Crippen molar-refractivity contribution in [2.24, 2.45) is 0 Å². The van der Waals surface area contributed by atoms with Crippen molar-refractivity contribution >= 4 is 11.9 Å². The zero-order valence-corrected chi connectivity index (χ0v) is 14.7. The SMILES string of the molecule is COC(=O)c1c2c(c(C(=O)OC)n1Cc1ccc(OC)cc1)OCCO2. The molecule has 1 aromatic heterocycles. The van der Waals surface area contributed by atoms with Crippen LogP contribution in [0.15, 0.2) is 24.3 Å². The third-order valence-corrected chi connectivity index (χ3v) is 4.01. The lowest BCUT2D eigenvalue weighted by Crippen LogP contribution is -2.17. The van der Waals surface area contributed by atoms with E-state index in [0.29, 0.717) is 5.75 Å². The van der Waals surface area contributed by atoms with E-state index >= 15 is 0 Å². The zero-order chi connectivity index (χ0) is 18.7. The molecule has 0 bridgehead atoms. The molecule has 8 heteroatoms. The fourth-order valence-corrected chi connectivity index (χ4v) is 2.80. The normalized spacial score (nSPS) is 12.4. The average molecular weight is 361 g/mol. The molecule has 0 radical (unpaired) electrons. The first kappa shape index (κ1) is 17.7. The van der Waals surface area contributed by atoms with Crippen LogP contribution in [0.3, 0.4) is 0 Å². The number of benzene rings is 1. The van der Waals surface area contributed by atoms with Crippen molar-refractivity contribution in [1.82, 2.24) is 4.57 Å². The summed E-state index contributed by atoms with van der Waals surface area (Å²) in [5, 5.41) is 0. The summed E-state index contributed by atoms with van der Waals surface area (Å²) < 4.78 is 27.6. The minimum absolute atomic E-state index is 0.110. The van der Waals surface area contributed by atoms with Gasteiger partial charge in [0.2, 0.25) is 0 Å². The van der Waals surface area contributed by atoms with Gasteiger partial charge < -0.3 is 28.3 Å². The Morgan fingerprint density at radius 2 is 1.42 bits per heavy atom. The quantitative estimate of drug-likeness (QED) is 0.752. The number of carbonyl (C=O) groups excluding carboxylic acids is 2. The second kappa shape index (κ2) is 7.38. The summed E-state index contributed by atoms with van der Waals surface area (Å²) in [5.41, 5.74) is 1.06. The van der Waals surface area contributed by atoms with Crippen LogP contribution in [0.2, 0.25) is 0 Å². The lowest BCUT2D eigenvalue weighted by atomic mass is 10.2. The van der Waals surface area contributed by atoms with Gasteiger partial charge >= 0.3 is 11.9 Å². The third kappa shape index (κ3) is 3.05. The highest BCUT2D eigenvalue weighted by molar-refractivity contribution is 5.99. The second-order valence-corrected chi connectivity index (χ2v) is 5.47. The molecule has 0 spiro atoms. The molecule has 8 nitrogen and oxygen atoms in total. The maximum Gasteiger partial charge on any atom is 0.358 e. The Morgan fingerprint density at radius 3 is 1.85 bits per heavy atom. The Bertz CT molecular complexity index is 780. The predicted molar refractivity (Wildman–Crippen MR) is 90.2 cm³/mol. The van der Waals surface area contributed by atoms with Gasteiger partial charge in [-0.05, 0) is 17.7 Å². The molecule has 3 rings (SSSR count). The van der Waals surface area contributed by atoms with Crippen LogP contribution in [0.4, 0.5) is 0 Å². The third-order valence-electron chi connectivity index (χ3n) is 4.01. The second-order valence-electron chi connectivity index (χ2n) is 5.47. The monoisotopic (exact) mass is 361 g/mol. The number of hydrogen-bond acceptors (Lipinski definition) is 7. The lowest BCUT2D eigenvalue weighted by Gasteiger charge is -2.15. The van der Waals surface area contributed by atoms with E-state index in [-0.39, 0.29) is 42.6 Å². The number of fused-ring (bicyclic) bond motifs is 1. The number of nitrogens with zero attached hydrogens (tertiary/aromatic N) is 1. The summed E-state index contributed by atoms with van der Waals surface area (Å²) >= 11 is 0. The van der Waals surface area contributed by atoms with Crippen LogP contribution in [0.1, 0.15) is 26.5 Å². The van der Waals surface area contributed by atoms with Crippen LogP contribution in [0.5, 0.6) is 17.2 Å². The Morgan fingerprint density at radius 1 is 0.923 bits per heavy atom. The van der Waals surface area contributed by atoms with Crippen LogP contribution in [0, 0.1) is 0 Å². The Labute approximate surface area is 150 Å². The van der Waals surface area contributed by atoms with Gasteiger partial charge in [0.25, 0.3) is 0 Å². The average Bonchev–Trinajstić information content (AvgIpc) is 3.01. The topological polar surface area (TPSA) is 85.2 Å². The zero-order valence-electron chi connectivity index (χ0n) is 14.7. The van der Waals surface area contributed by atoms with Gasteiger partial charge in [-0.25, -0.2) is 9.59 Å². The molecular formula is C18H19NO7. The van der Waals surface area contributed by atoms with Crippen molar-refractivity contribution in [3.8, 4) is 17.2 Å². The number of rotatable bonds is 5. The van der Waals surface area contributed by atoms with Gasteiger partial charge in [-0.2, -0.15) is 0 Å². The van der Waals surface area contributed by atoms with Crippen molar-refractivity contribution in [1.29, 1.82) is 0 Å². The number of methoxy groups -OCH3 is 3. The van der Waals surface area contributed by atoms with Gasteiger partial charge in [0.15, 0.2) is 22.9 Å². The molecule has 0 N–H and O–H groups in total. The van der Waals surface area contributed by atoms with Gasteiger partial charge in [0, 0.05) is 6.54 Å². The number of esters is 2. The molecule has 1 aliphatic heterocycles. The van der Waals surface area contributed by atoms with E-state index in [9.17, 15) is 9.59 Å². The Kier molecular flexibility index (Phi) is 5.01. The first-order valence-corrected chi connectivity index (χ1v) is 7.92. The molecule has 138 valence electrons. The van der Waals surface area contributed by atoms with Crippen LogP contribution in [0.25, 0.3) is 0 Å². The van der Waals surface area contributed by atoms with Crippen molar-refractivity contribution in [2.45, 2.75) is 6.54 Å². The summed E-state index contributed by atoms with van der Waals surface area (Å²) in [7, 11) is 4.11. The van der Waals surface area contributed by atoms with Crippen LogP contribution >= 0.6 is 0 Å². The minimum Gasteiger partial charge on any atom is -0.497 e. The fourth-order valence-electron chi connectivity index (χ4n) is 2.80. The Hall–Kier alpha value is -3.16. The minimum atomic E-state index is -0.629. The van der Waals surface area contributed by atoms with E-state index in [2.05, 4.69) is 0 Å². The molecule has 2 heterocycles. The number of hydrogen-bond donors (Lipinski definition) is 0. The number of ether oxygens (including phenoxy) is 5. The maximum absolute atomic E-state index is 12.4. The summed E-state index contributed by atoms with van der Waals surface area (Å²) in [6.45, 7) is 0.757. The van der Waals surface area contributed by atoms with Crippen molar-refractivity contribution in [2.75, 3.05) is 34.5 Å². The molecule has 0 aliphatic carbocycles. The number of carbonyl (C=O) groups is 2. The van der Waals surface area contributed by atoms with Gasteiger partial charge in [0.1, 0.15) is 19.0 Å². The molecule has 2 aromatic rings. The van der Waals surface area contributed by atoms with E-state index in [1.807, 2.05) is 12.1 Å². The molecule has 1 aliphatic rings. The Balaban J connectivity index is 2.14. The van der Waals surface area contributed by atoms with Crippen LogP contribution in [-0.2, 0) is 16.0 Å². The van der Waals surface area contributed by atoms with Crippen LogP contribution < -0.4 is 14.2 Å². The molecule has 0 atom stereocenters. The van der Waals surface area contributed by atoms with Crippen LogP contribution in [-0.4, -0.2) is 51.0 Å². The standard InChI is InChI=1S/C18H19NO7/c1-22-12-6-4-11(5-7-12)10-19-13(17(20)23-2)15-16(26-9-8-25-15)14(19)18(21)24-3/h4-7H,8-10H2,1-3H3. The summed E-state index contributed by atoms with van der Waals surface area (Å²) in [6, 6.07) is 7.26. The van der Waals surface area contributed by atoms with Gasteiger partial charge in [-0.1, -0.05) is 12.1 Å². The summed E-state index contributed by atoms with van der Waals surface area (Å²) in [4.78, 5) is 24.7. The highest BCUT2D eigenvalue weighted by Gasteiger charge is 2.36.